The number of nitro groups is 1. The van der Waals surface area contributed by atoms with Crippen LogP contribution >= 0.6 is 0 Å². The molecule has 1 aromatic heterocycles. The number of nitrogens with zero attached hydrogens (tertiary/aromatic N) is 3. The van der Waals surface area contributed by atoms with Crippen molar-refractivity contribution >= 4 is 17.5 Å². The highest BCUT2D eigenvalue weighted by molar-refractivity contribution is 6.05. The van der Waals surface area contributed by atoms with Gasteiger partial charge in [-0.3, -0.25) is 19.6 Å². The van der Waals surface area contributed by atoms with Gasteiger partial charge >= 0.3 is 5.69 Å². The molecule has 0 aliphatic rings. The van der Waals surface area contributed by atoms with Crippen LogP contribution in [0.3, 0.4) is 0 Å². The lowest BCUT2D eigenvalue weighted by atomic mass is 10.1. The first-order valence-electron chi connectivity index (χ1n) is 8.73. The molecule has 0 unspecified atom stereocenters. The maximum atomic E-state index is 12.3. The van der Waals surface area contributed by atoms with E-state index in [0.717, 1.165) is 5.56 Å². The van der Waals surface area contributed by atoms with E-state index in [-0.39, 0.29) is 23.8 Å². The number of rotatable bonds is 8. The molecule has 8 heteroatoms. The van der Waals surface area contributed by atoms with Crippen LogP contribution in [0.15, 0.2) is 60.8 Å². The van der Waals surface area contributed by atoms with Crippen molar-refractivity contribution in [1.82, 2.24) is 9.78 Å². The zero-order chi connectivity index (χ0) is 20.8. The third-order valence-corrected chi connectivity index (χ3v) is 4.25. The highest BCUT2D eigenvalue weighted by Gasteiger charge is 2.15. The van der Waals surface area contributed by atoms with Crippen molar-refractivity contribution in [3.63, 3.8) is 0 Å². The molecule has 0 amide bonds. The van der Waals surface area contributed by atoms with Crippen LogP contribution in [0, 0.1) is 10.1 Å². The molecule has 3 rings (SSSR count). The van der Waals surface area contributed by atoms with Crippen molar-refractivity contribution < 1.29 is 19.2 Å². The van der Waals surface area contributed by atoms with Crippen molar-refractivity contribution in [2.24, 2.45) is 7.05 Å². The van der Waals surface area contributed by atoms with Crippen molar-refractivity contribution in [1.29, 1.82) is 0 Å². The zero-order valence-corrected chi connectivity index (χ0v) is 15.9. The normalized spacial score (nSPS) is 10.8. The number of hydrogen-bond acceptors (Lipinski definition) is 6. The minimum Gasteiger partial charge on any atom is -0.496 e. The summed E-state index contributed by atoms with van der Waals surface area (Å²) in [5.41, 5.74) is 1.84. The molecule has 0 bridgehead atoms. The molecule has 0 fully saturated rings. The SMILES string of the molecule is COc1ccc(/C=C/C(=O)c2ccnn2C)cc1COc1ccccc1[N+](=O)[O-]. The van der Waals surface area contributed by atoms with Crippen LogP contribution in [0.5, 0.6) is 11.5 Å². The molecule has 2 aromatic carbocycles. The summed E-state index contributed by atoms with van der Waals surface area (Å²) in [5.74, 6) is 0.587. The lowest BCUT2D eigenvalue weighted by Crippen LogP contribution is -2.04. The second-order valence-corrected chi connectivity index (χ2v) is 6.12. The number of nitro benzene ring substituents is 1. The van der Waals surface area contributed by atoms with Gasteiger partial charge in [-0.15, -0.1) is 0 Å². The molecule has 0 aliphatic heterocycles. The average Bonchev–Trinajstić information content (AvgIpc) is 3.16. The molecule has 0 saturated carbocycles. The Balaban J connectivity index is 1.79. The van der Waals surface area contributed by atoms with Crippen LogP contribution in [-0.4, -0.2) is 27.6 Å². The molecule has 0 saturated heterocycles. The van der Waals surface area contributed by atoms with Crippen LogP contribution in [0.1, 0.15) is 21.6 Å². The summed E-state index contributed by atoms with van der Waals surface area (Å²) in [6, 6.07) is 13.2. The highest BCUT2D eigenvalue weighted by Crippen LogP contribution is 2.28. The van der Waals surface area contributed by atoms with Gasteiger partial charge < -0.3 is 9.47 Å². The number of allylic oxidation sites excluding steroid dienone is 1. The molecule has 0 radical (unpaired) electrons. The van der Waals surface area contributed by atoms with Crippen LogP contribution in [0.4, 0.5) is 5.69 Å². The molecule has 29 heavy (non-hydrogen) atoms. The van der Waals surface area contributed by atoms with Crippen molar-refractivity contribution in [3.05, 3.63) is 87.7 Å². The molecule has 8 nitrogen and oxygen atoms in total. The standard InChI is InChI=1S/C21H19N3O5/c1-23-17(11-12-22-23)19(25)9-7-15-8-10-20(28-2)16(13-15)14-29-21-6-4-3-5-18(21)24(26)27/h3-13H,14H2,1-2H3/b9-7+. The van der Waals surface area contributed by atoms with Gasteiger partial charge in [0.15, 0.2) is 5.75 Å². The molecule has 0 spiro atoms. The van der Waals surface area contributed by atoms with Gasteiger partial charge in [0, 0.05) is 24.9 Å². The van der Waals surface area contributed by atoms with Crippen molar-refractivity contribution in [2.75, 3.05) is 7.11 Å². The van der Waals surface area contributed by atoms with Crippen LogP contribution in [0.25, 0.3) is 6.08 Å². The monoisotopic (exact) mass is 393 g/mol. The third kappa shape index (κ3) is 4.67. The van der Waals surface area contributed by atoms with E-state index in [0.29, 0.717) is 17.0 Å². The zero-order valence-electron chi connectivity index (χ0n) is 15.9. The number of hydrogen-bond donors (Lipinski definition) is 0. The van der Waals surface area contributed by atoms with Crippen LogP contribution in [-0.2, 0) is 13.7 Å². The number of ketones is 1. The minimum absolute atomic E-state index is 0.0748. The van der Waals surface area contributed by atoms with E-state index in [1.54, 1.807) is 61.8 Å². The summed E-state index contributed by atoms with van der Waals surface area (Å²) >= 11 is 0. The summed E-state index contributed by atoms with van der Waals surface area (Å²) in [6.07, 6.45) is 4.71. The van der Waals surface area contributed by atoms with Gasteiger partial charge in [0.05, 0.1) is 12.0 Å². The fraction of sp³-hybridized carbons (Fsp3) is 0.143. The number of aryl methyl sites for hydroxylation is 1. The number of aromatic nitrogens is 2. The highest BCUT2D eigenvalue weighted by atomic mass is 16.6. The molecule has 148 valence electrons. The second-order valence-electron chi connectivity index (χ2n) is 6.12. The fourth-order valence-electron chi connectivity index (χ4n) is 2.77. The van der Waals surface area contributed by atoms with Gasteiger partial charge in [0.25, 0.3) is 0 Å². The lowest BCUT2D eigenvalue weighted by molar-refractivity contribution is -0.385. The Labute approximate surface area is 167 Å². The summed E-state index contributed by atoms with van der Waals surface area (Å²) in [5, 5.41) is 15.1. The van der Waals surface area contributed by atoms with Crippen molar-refractivity contribution in [3.8, 4) is 11.5 Å². The summed E-state index contributed by atoms with van der Waals surface area (Å²) in [6.45, 7) is 0.0748. The van der Waals surface area contributed by atoms with E-state index in [4.69, 9.17) is 9.47 Å². The van der Waals surface area contributed by atoms with Crippen molar-refractivity contribution in [2.45, 2.75) is 6.61 Å². The molecule has 1 heterocycles. The van der Waals surface area contributed by atoms with E-state index in [2.05, 4.69) is 5.10 Å². The van der Waals surface area contributed by atoms with E-state index < -0.39 is 4.92 Å². The van der Waals surface area contributed by atoms with Gasteiger partial charge in [0.1, 0.15) is 18.1 Å². The first kappa shape index (κ1) is 19.8. The minimum atomic E-state index is -0.490. The Morgan fingerprint density at radius 2 is 2.00 bits per heavy atom. The van der Waals surface area contributed by atoms with Gasteiger partial charge in [-0.1, -0.05) is 24.3 Å². The predicted molar refractivity (Wildman–Crippen MR) is 107 cm³/mol. The Morgan fingerprint density at radius 1 is 1.21 bits per heavy atom. The molecule has 0 N–H and O–H groups in total. The molecule has 0 atom stereocenters. The maximum absolute atomic E-state index is 12.3. The predicted octanol–water partition coefficient (Wildman–Crippen LogP) is 3.81. The largest absolute Gasteiger partial charge is 0.496 e. The van der Waals surface area contributed by atoms with E-state index in [1.165, 1.54) is 23.9 Å². The van der Waals surface area contributed by atoms with Gasteiger partial charge in [-0.2, -0.15) is 5.10 Å². The van der Waals surface area contributed by atoms with Crippen LogP contribution in [0.2, 0.25) is 0 Å². The average molecular weight is 393 g/mol. The van der Waals surface area contributed by atoms with E-state index in [1.807, 2.05) is 0 Å². The third-order valence-electron chi connectivity index (χ3n) is 4.25. The molecular weight excluding hydrogens is 374 g/mol. The number of para-hydroxylation sites is 2. The first-order valence-corrected chi connectivity index (χ1v) is 8.73. The number of ether oxygens (including phenoxy) is 2. The Bertz CT molecular complexity index is 1070. The first-order chi connectivity index (χ1) is 14.0. The Hall–Kier alpha value is -3.94. The van der Waals surface area contributed by atoms with Gasteiger partial charge in [0.2, 0.25) is 5.78 Å². The maximum Gasteiger partial charge on any atom is 0.310 e. The topological polar surface area (TPSA) is 96.5 Å². The molecular formula is C21H19N3O5. The second kappa shape index (κ2) is 8.83. The molecule has 3 aromatic rings. The summed E-state index contributed by atoms with van der Waals surface area (Å²) in [7, 11) is 3.23. The van der Waals surface area contributed by atoms with Gasteiger partial charge in [-0.05, 0) is 35.9 Å². The number of methoxy groups -OCH3 is 1. The number of carbonyl (C=O) groups excluding carboxylic acids is 1. The number of carbonyl (C=O) groups is 1. The molecule has 0 aliphatic carbocycles. The quantitative estimate of drug-likeness (QED) is 0.250. The number of benzene rings is 2. The summed E-state index contributed by atoms with van der Waals surface area (Å²) < 4.78 is 12.5. The smallest absolute Gasteiger partial charge is 0.310 e. The Kier molecular flexibility index (Phi) is 6.03. The lowest BCUT2D eigenvalue weighted by Gasteiger charge is -2.11. The van der Waals surface area contributed by atoms with Crippen LogP contribution < -0.4 is 9.47 Å². The fourth-order valence-corrected chi connectivity index (χ4v) is 2.77. The van der Waals surface area contributed by atoms with E-state index >= 15 is 0 Å². The van der Waals surface area contributed by atoms with E-state index in [9.17, 15) is 14.9 Å². The summed E-state index contributed by atoms with van der Waals surface area (Å²) in [4.78, 5) is 22.9. The Morgan fingerprint density at radius 3 is 2.69 bits per heavy atom. The van der Waals surface area contributed by atoms with Gasteiger partial charge in [-0.25, -0.2) is 0 Å².